The maximum Gasteiger partial charge on any atom is 0.214 e. The Morgan fingerprint density at radius 1 is 1.00 bits per heavy atom. The SMILES string of the molecule is CN=C(NCc1ccc(OCc2ccccc2)c(OC)c1)NCc1nc(C)c(C)o1.I. The molecule has 0 saturated carbocycles. The van der Waals surface area contributed by atoms with Gasteiger partial charge in [-0.1, -0.05) is 36.4 Å². The van der Waals surface area contributed by atoms with Gasteiger partial charge in [-0.15, -0.1) is 24.0 Å². The molecule has 0 aliphatic rings. The van der Waals surface area contributed by atoms with E-state index < -0.39 is 0 Å². The van der Waals surface area contributed by atoms with E-state index in [1.165, 1.54) is 0 Å². The zero-order valence-electron chi connectivity index (χ0n) is 18.3. The molecule has 0 bridgehead atoms. The quantitative estimate of drug-likeness (QED) is 0.253. The predicted molar refractivity (Wildman–Crippen MR) is 132 cm³/mol. The molecule has 7 nitrogen and oxygen atoms in total. The summed E-state index contributed by atoms with van der Waals surface area (Å²) < 4.78 is 17.0. The van der Waals surface area contributed by atoms with E-state index >= 15 is 0 Å². The Hall–Kier alpha value is -2.75. The lowest BCUT2D eigenvalue weighted by atomic mass is 10.2. The van der Waals surface area contributed by atoms with Crippen LogP contribution in [0.4, 0.5) is 0 Å². The van der Waals surface area contributed by atoms with Gasteiger partial charge < -0.3 is 24.5 Å². The highest BCUT2D eigenvalue weighted by molar-refractivity contribution is 14.0. The number of aliphatic imine (C=N–C) groups is 1. The molecule has 3 aromatic rings. The number of benzene rings is 2. The maximum absolute atomic E-state index is 5.92. The van der Waals surface area contributed by atoms with Crippen LogP contribution in [0.5, 0.6) is 11.5 Å². The second-order valence-electron chi connectivity index (χ2n) is 6.79. The van der Waals surface area contributed by atoms with Gasteiger partial charge in [0.2, 0.25) is 5.89 Å². The number of nitrogens with one attached hydrogen (secondary N) is 2. The Kier molecular flexibility index (Phi) is 9.64. The molecule has 8 heteroatoms. The van der Waals surface area contributed by atoms with Crippen LogP contribution in [0.2, 0.25) is 0 Å². The van der Waals surface area contributed by atoms with Crippen molar-refractivity contribution in [1.82, 2.24) is 15.6 Å². The molecule has 0 aliphatic carbocycles. The van der Waals surface area contributed by atoms with Crippen molar-refractivity contribution in [3.05, 3.63) is 77.0 Å². The number of methoxy groups -OCH3 is 1. The largest absolute Gasteiger partial charge is 0.493 e. The van der Waals surface area contributed by atoms with E-state index in [1.807, 2.05) is 62.4 Å². The van der Waals surface area contributed by atoms with Crippen LogP contribution in [-0.4, -0.2) is 25.1 Å². The molecular weight excluding hydrogens is 507 g/mol. The van der Waals surface area contributed by atoms with Crippen LogP contribution in [0.1, 0.15) is 28.5 Å². The zero-order chi connectivity index (χ0) is 21.3. The van der Waals surface area contributed by atoms with Crippen LogP contribution in [0.3, 0.4) is 0 Å². The monoisotopic (exact) mass is 536 g/mol. The fourth-order valence-electron chi connectivity index (χ4n) is 2.86. The van der Waals surface area contributed by atoms with E-state index in [0.29, 0.717) is 43.0 Å². The predicted octanol–water partition coefficient (Wildman–Crippen LogP) is 4.36. The number of nitrogens with zero attached hydrogens (tertiary/aromatic N) is 2. The van der Waals surface area contributed by atoms with Gasteiger partial charge in [0.1, 0.15) is 12.4 Å². The summed E-state index contributed by atoms with van der Waals surface area (Å²) in [5.41, 5.74) is 3.05. The molecule has 2 N–H and O–H groups in total. The number of hydrogen-bond acceptors (Lipinski definition) is 5. The van der Waals surface area contributed by atoms with Gasteiger partial charge in [-0.2, -0.15) is 0 Å². The smallest absolute Gasteiger partial charge is 0.214 e. The Morgan fingerprint density at radius 2 is 1.74 bits per heavy atom. The minimum Gasteiger partial charge on any atom is -0.493 e. The van der Waals surface area contributed by atoms with E-state index in [4.69, 9.17) is 13.9 Å². The molecule has 1 aromatic heterocycles. The van der Waals surface area contributed by atoms with Crippen LogP contribution in [-0.2, 0) is 19.7 Å². The van der Waals surface area contributed by atoms with Gasteiger partial charge in [0.05, 0.1) is 19.3 Å². The molecule has 31 heavy (non-hydrogen) atoms. The molecule has 0 amide bonds. The number of ether oxygens (including phenoxy) is 2. The van der Waals surface area contributed by atoms with Gasteiger partial charge in [0.15, 0.2) is 17.5 Å². The molecule has 2 aromatic carbocycles. The molecule has 166 valence electrons. The lowest BCUT2D eigenvalue weighted by Crippen LogP contribution is -2.36. The van der Waals surface area contributed by atoms with Gasteiger partial charge >= 0.3 is 0 Å². The number of rotatable bonds is 8. The molecule has 0 unspecified atom stereocenters. The molecule has 0 aliphatic heterocycles. The van der Waals surface area contributed by atoms with Gasteiger partial charge in [0, 0.05) is 13.6 Å². The molecule has 0 saturated heterocycles. The summed E-state index contributed by atoms with van der Waals surface area (Å²) >= 11 is 0. The summed E-state index contributed by atoms with van der Waals surface area (Å²) in [5.74, 6) is 3.53. The lowest BCUT2D eigenvalue weighted by Gasteiger charge is -2.14. The van der Waals surface area contributed by atoms with Crippen molar-refractivity contribution in [1.29, 1.82) is 0 Å². The first-order chi connectivity index (χ1) is 14.6. The van der Waals surface area contributed by atoms with E-state index in [-0.39, 0.29) is 24.0 Å². The van der Waals surface area contributed by atoms with Crippen LogP contribution in [0.15, 0.2) is 57.9 Å². The van der Waals surface area contributed by atoms with Crippen molar-refractivity contribution in [3.8, 4) is 11.5 Å². The van der Waals surface area contributed by atoms with E-state index in [2.05, 4.69) is 20.6 Å². The Balaban J connectivity index is 0.00000341. The fourth-order valence-corrected chi connectivity index (χ4v) is 2.86. The van der Waals surface area contributed by atoms with E-state index in [0.717, 1.165) is 22.6 Å². The summed E-state index contributed by atoms with van der Waals surface area (Å²) in [6.45, 7) is 5.36. The molecule has 1 heterocycles. The topological polar surface area (TPSA) is 80.9 Å². The van der Waals surface area contributed by atoms with Crippen LogP contribution in [0, 0.1) is 13.8 Å². The number of hydrogen-bond donors (Lipinski definition) is 2. The lowest BCUT2D eigenvalue weighted by molar-refractivity contribution is 0.284. The average Bonchev–Trinajstić information content (AvgIpc) is 3.10. The first kappa shape index (κ1) is 24.5. The molecular formula is C23H29IN4O3. The van der Waals surface area contributed by atoms with Crippen molar-refractivity contribution in [3.63, 3.8) is 0 Å². The molecule has 3 rings (SSSR count). The van der Waals surface area contributed by atoms with Crippen LogP contribution in [0.25, 0.3) is 0 Å². The Bertz CT molecular complexity index is 970. The second-order valence-corrected chi connectivity index (χ2v) is 6.79. The summed E-state index contributed by atoms with van der Waals surface area (Å²) in [5, 5.41) is 6.48. The van der Waals surface area contributed by atoms with Crippen molar-refractivity contribution >= 4 is 29.9 Å². The number of oxazole rings is 1. The van der Waals surface area contributed by atoms with Crippen molar-refractivity contribution in [2.45, 2.75) is 33.5 Å². The van der Waals surface area contributed by atoms with Gasteiger partial charge in [-0.05, 0) is 37.1 Å². The zero-order valence-corrected chi connectivity index (χ0v) is 20.6. The van der Waals surface area contributed by atoms with Gasteiger partial charge in [0.25, 0.3) is 0 Å². The minimum absolute atomic E-state index is 0. The number of halogens is 1. The third-order valence-corrected chi connectivity index (χ3v) is 4.63. The Morgan fingerprint density at radius 3 is 2.39 bits per heavy atom. The van der Waals surface area contributed by atoms with Crippen LogP contribution >= 0.6 is 24.0 Å². The number of guanidine groups is 1. The second kappa shape index (κ2) is 12.2. The van der Waals surface area contributed by atoms with E-state index in [1.54, 1.807) is 14.2 Å². The molecule has 0 atom stereocenters. The average molecular weight is 536 g/mol. The number of aryl methyl sites for hydroxylation is 2. The van der Waals surface area contributed by atoms with Crippen molar-refractivity contribution in [2.24, 2.45) is 4.99 Å². The van der Waals surface area contributed by atoms with E-state index in [9.17, 15) is 0 Å². The van der Waals surface area contributed by atoms with Gasteiger partial charge in [-0.3, -0.25) is 4.99 Å². The standard InChI is InChI=1S/C23H28N4O3.HI/c1-16-17(2)30-22(27-16)14-26-23(24-3)25-13-19-10-11-20(21(12-19)28-4)29-15-18-8-6-5-7-9-18;/h5-12H,13-15H2,1-4H3,(H2,24,25,26);1H. The third kappa shape index (κ3) is 7.16. The van der Waals surface area contributed by atoms with Crippen molar-refractivity contribution in [2.75, 3.05) is 14.2 Å². The summed E-state index contributed by atoms with van der Waals surface area (Å²) in [4.78, 5) is 8.60. The molecule has 0 fully saturated rings. The molecule has 0 spiro atoms. The first-order valence-electron chi connectivity index (χ1n) is 9.80. The van der Waals surface area contributed by atoms with Crippen LogP contribution < -0.4 is 20.1 Å². The minimum atomic E-state index is 0. The normalized spacial score (nSPS) is 10.9. The fraction of sp³-hybridized carbons (Fsp3) is 0.304. The molecule has 0 radical (unpaired) electrons. The number of aromatic nitrogens is 1. The maximum atomic E-state index is 5.92. The highest BCUT2D eigenvalue weighted by Gasteiger charge is 2.09. The summed E-state index contributed by atoms with van der Waals surface area (Å²) in [7, 11) is 3.37. The summed E-state index contributed by atoms with van der Waals surface area (Å²) in [6, 6.07) is 15.9. The highest BCUT2D eigenvalue weighted by atomic mass is 127. The third-order valence-electron chi connectivity index (χ3n) is 4.63. The Labute approximate surface area is 200 Å². The summed E-state index contributed by atoms with van der Waals surface area (Å²) in [6.07, 6.45) is 0. The van der Waals surface area contributed by atoms with Gasteiger partial charge in [-0.25, -0.2) is 4.98 Å². The van der Waals surface area contributed by atoms with Crippen molar-refractivity contribution < 1.29 is 13.9 Å². The highest BCUT2D eigenvalue weighted by Crippen LogP contribution is 2.28. The first-order valence-corrected chi connectivity index (χ1v) is 9.80.